The van der Waals surface area contributed by atoms with Gasteiger partial charge in [0.15, 0.2) is 0 Å². The molecule has 0 radical (unpaired) electrons. The van der Waals surface area contributed by atoms with Crippen LogP contribution < -0.4 is 4.74 Å². The van der Waals surface area contributed by atoms with Crippen molar-refractivity contribution in [1.29, 1.82) is 0 Å². The van der Waals surface area contributed by atoms with Gasteiger partial charge in [-0.15, -0.1) is 0 Å². The molecule has 4 heteroatoms. The van der Waals surface area contributed by atoms with E-state index < -0.39 is 0 Å². The third kappa shape index (κ3) is 3.95. The molecule has 3 nitrogen and oxygen atoms in total. The Morgan fingerprint density at radius 2 is 2.12 bits per heavy atom. The summed E-state index contributed by atoms with van der Waals surface area (Å²) in [7, 11) is 5.36. The molecule has 16 heavy (non-hydrogen) atoms. The molecule has 0 fully saturated rings. The van der Waals surface area contributed by atoms with Gasteiger partial charge in [-0.1, -0.05) is 11.6 Å². The summed E-state index contributed by atoms with van der Waals surface area (Å²) >= 11 is 5.91. The number of hydrogen-bond donors (Lipinski definition) is 0. The number of hydrogen-bond acceptors (Lipinski definition) is 3. The van der Waals surface area contributed by atoms with E-state index in [1.165, 1.54) is 0 Å². The minimum Gasteiger partial charge on any atom is -0.496 e. The molecular formula is C12H15ClN2O. The lowest BCUT2D eigenvalue weighted by atomic mass is 10.2. The van der Waals surface area contributed by atoms with E-state index in [0.29, 0.717) is 5.02 Å². The topological polar surface area (TPSA) is 24.8 Å². The second-order valence-corrected chi connectivity index (χ2v) is 3.79. The molecule has 0 aliphatic heterocycles. The molecule has 0 saturated carbocycles. The molecule has 0 saturated heterocycles. The Kier molecular flexibility index (Phi) is 4.86. The van der Waals surface area contributed by atoms with Gasteiger partial charge < -0.3 is 9.75 Å². The van der Waals surface area contributed by atoms with Crippen LogP contribution in [0.1, 0.15) is 5.56 Å². The molecule has 0 bridgehead atoms. The molecule has 0 aliphatic rings. The number of rotatable bonds is 4. The molecule has 0 unspecified atom stereocenters. The van der Waals surface area contributed by atoms with Crippen LogP contribution in [0.4, 0.5) is 0 Å². The average molecular weight is 239 g/mol. The zero-order valence-corrected chi connectivity index (χ0v) is 10.4. The molecule has 0 aromatic heterocycles. The maximum atomic E-state index is 5.91. The SMILES string of the molecule is COc1ccc(Cl)cc1C=CC=NN(C)C. The van der Waals surface area contributed by atoms with Crippen molar-refractivity contribution < 1.29 is 4.74 Å². The van der Waals surface area contributed by atoms with Gasteiger partial charge in [-0.3, -0.25) is 0 Å². The Hall–Kier alpha value is -1.48. The van der Waals surface area contributed by atoms with Gasteiger partial charge in [0.1, 0.15) is 5.75 Å². The van der Waals surface area contributed by atoms with E-state index in [4.69, 9.17) is 16.3 Å². The number of nitrogens with zero attached hydrogens (tertiary/aromatic N) is 2. The van der Waals surface area contributed by atoms with Crippen LogP contribution in [-0.4, -0.2) is 32.4 Å². The van der Waals surface area contributed by atoms with Crippen LogP contribution in [0.25, 0.3) is 6.08 Å². The molecular weight excluding hydrogens is 224 g/mol. The number of methoxy groups -OCH3 is 1. The summed E-state index contributed by atoms with van der Waals surface area (Å²) in [5, 5.41) is 6.47. The third-order valence-corrected chi connectivity index (χ3v) is 2.09. The summed E-state index contributed by atoms with van der Waals surface area (Å²) in [6, 6.07) is 5.48. The van der Waals surface area contributed by atoms with Crippen LogP contribution in [0.2, 0.25) is 5.02 Å². The van der Waals surface area contributed by atoms with Gasteiger partial charge in [-0.05, 0) is 30.4 Å². The molecule has 1 aromatic carbocycles. The van der Waals surface area contributed by atoms with Gasteiger partial charge >= 0.3 is 0 Å². The molecule has 0 atom stereocenters. The quantitative estimate of drug-likeness (QED) is 0.595. The summed E-state index contributed by atoms with van der Waals surface area (Å²) in [5.74, 6) is 0.791. The van der Waals surface area contributed by atoms with Gasteiger partial charge in [0, 0.05) is 30.9 Å². The molecule has 0 N–H and O–H groups in total. The Morgan fingerprint density at radius 1 is 1.38 bits per heavy atom. The van der Waals surface area contributed by atoms with E-state index in [1.54, 1.807) is 24.4 Å². The molecule has 0 amide bonds. The number of halogens is 1. The highest BCUT2D eigenvalue weighted by molar-refractivity contribution is 6.30. The first-order chi connectivity index (χ1) is 7.63. The van der Waals surface area contributed by atoms with E-state index in [0.717, 1.165) is 11.3 Å². The highest BCUT2D eigenvalue weighted by atomic mass is 35.5. The number of benzene rings is 1. The summed E-state index contributed by atoms with van der Waals surface area (Å²) in [4.78, 5) is 0. The first-order valence-corrected chi connectivity index (χ1v) is 5.23. The Morgan fingerprint density at radius 3 is 2.75 bits per heavy atom. The van der Waals surface area contributed by atoms with Crippen LogP contribution in [0.3, 0.4) is 0 Å². The zero-order valence-electron chi connectivity index (χ0n) is 9.64. The molecule has 0 aliphatic carbocycles. The molecule has 0 spiro atoms. The molecule has 0 heterocycles. The minimum absolute atomic E-state index is 0.685. The second kappa shape index (κ2) is 6.18. The lowest BCUT2D eigenvalue weighted by Gasteiger charge is -2.04. The van der Waals surface area contributed by atoms with Crippen molar-refractivity contribution >= 4 is 23.9 Å². The van der Waals surface area contributed by atoms with E-state index in [-0.39, 0.29) is 0 Å². The predicted octanol–water partition coefficient (Wildman–Crippen LogP) is 2.91. The van der Waals surface area contributed by atoms with Crippen LogP contribution in [0, 0.1) is 0 Å². The van der Waals surface area contributed by atoms with E-state index in [1.807, 2.05) is 38.4 Å². The van der Waals surface area contributed by atoms with Gasteiger partial charge in [-0.2, -0.15) is 5.10 Å². The van der Waals surface area contributed by atoms with Crippen molar-refractivity contribution in [2.75, 3.05) is 21.2 Å². The maximum Gasteiger partial charge on any atom is 0.126 e. The summed E-state index contributed by atoms with van der Waals surface area (Å²) < 4.78 is 5.21. The maximum absolute atomic E-state index is 5.91. The van der Waals surface area contributed by atoms with E-state index in [9.17, 15) is 0 Å². The molecule has 86 valence electrons. The highest BCUT2D eigenvalue weighted by Gasteiger charge is 1.99. The Balaban J connectivity index is 2.83. The second-order valence-electron chi connectivity index (χ2n) is 3.36. The standard InChI is InChI=1S/C12H15ClN2O/c1-15(2)14-8-4-5-10-9-11(13)6-7-12(10)16-3/h4-9H,1-3H3. The largest absolute Gasteiger partial charge is 0.496 e. The van der Waals surface area contributed by atoms with Gasteiger partial charge in [0.05, 0.1) is 7.11 Å². The summed E-state index contributed by atoms with van der Waals surface area (Å²) in [5.41, 5.74) is 0.931. The summed E-state index contributed by atoms with van der Waals surface area (Å²) in [6.07, 6.45) is 5.45. The van der Waals surface area contributed by atoms with E-state index in [2.05, 4.69) is 5.10 Å². The van der Waals surface area contributed by atoms with Crippen LogP contribution >= 0.6 is 11.6 Å². The first-order valence-electron chi connectivity index (χ1n) is 4.85. The zero-order chi connectivity index (χ0) is 12.0. The lowest BCUT2D eigenvalue weighted by Crippen LogP contribution is -2.00. The number of allylic oxidation sites excluding steroid dienone is 1. The fourth-order valence-corrected chi connectivity index (χ4v) is 1.33. The Labute approximate surface area is 101 Å². The van der Waals surface area contributed by atoms with Crippen LogP contribution in [-0.2, 0) is 0 Å². The molecule has 1 rings (SSSR count). The number of hydrazone groups is 1. The highest BCUT2D eigenvalue weighted by Crippen LogP contribution is 2.23. The summed E-state index contributed by atoms with van der Waals surface area (Å²) in [6.45, 7) is 0. The average Bonchev–Trinajstić information content (AvgIpc) is 2.24. The van der Waals surface area contributed by atoms with Crippen molar-refractivity contribution in [2.24, 2.45) is 5.10 Å². The van der Waals surface area contributed by atoms with Crippen LogP contribution in [0.15, 0.2) is 29.4 Å². The predicted molar refractivity (Wildman–Crippen MR) is 69.2 cm³/mol. The van der Waals surface area contributed by atoms with Gasteiger partial charge in [0.25, 0.3) is 0 Å². The van der Waals surface area contributed by atoms with Crippen LogP contribution in [0.5, 0.6) is 5.75 Å². The smallest absolute Gasteiger partial charge is 0.126 e. The van der Waals surface area contributed by atoms with Crippen molar-refractivity contribution in [3.8, 4) is 5.75 Å². The van der Waals surface area contributed by atoms with Crippen molar-refractivity contribution in [1.82, 2.24) is 5.01 Å². The van der Waals surface area contributed by atoms with Crippen molar-refractivity contribution in [3.63, 3.8) is 0 Å². The van der Waals surface area contributed by atoms with Gasteiger partial charge in [-0.25, -0.2) is 0 Å². The van der Waals surface area contributed by atoms with Crippen molar-refractivity contribution in [3.05, 3.63) is 34.9 Å². The Bertz CT molecular complexity index is 400. The fourth-order valence-electron chi connectivity index (χ4n) is 1.15. The van der Waals surface area contributed by atoms with E-state index >= 15 is 0 Å². The minimum atomic E-state index is 0.685. The third-order valence-electron chi connectivity index (χ3n) is 1.85. The first kappa shape index (κ1) is 12.6. The normalized spacial score (nSPS) is 11.2. The monoisotopic (exact) mass is 238 g/mol. The lowest BCUT2D eigenvalue weighted by molar-refractivity contribution is 0.414. The van der Waals surface area contributed by atoms with Crippen molar-refractivity contribution in [2.45, 2.75) is 0 Å². The fraction of sp³-hybridized carbons (Fsp3) is 0.250. The van der Waals surface area contributed by atoms with Gasteiger partial charge in [0.2, 0.25) is 0 Å². The molecule has 1 aromatic rings. The number of ether oxygens (including phenoxy) is 1.